The Balaban J connectivity index is 1.63. The minimum atomic E-state index is -0.442. The molecule has 1 N–H and O–H groups in total. The lowest BCUT2D eigenvalue weighted by molar-refractivity contribution is -0.384. The van der Waals surface area contributed by atoms with E-state index in [-0.39, 0.29) is 23.9 Å². The standard InChI is InChI=1S/C25H19ClN2O3/c26-21-12-10-18(11-13-21)24(27-22-6-3-7-23(15-22)28(30)31)16-25(29)20-9-8-17-4-1-2-5-19(17)14-20/h1-15,24,27H,16H2. The number of carbonyl (C=O) groups excluding carboxylic acids is 1. The first-order valence-electron chi connectivity index (χ1n) is 9.78. The predicted molar refractivity (Wildman–Crippen MR) is 124 cm³/mol. The number of hydrogen-bond acceptors (Lipinski definition) is 4. The van der Waals surface area contributed by atoms with Gasteiger partial charge in [-0.15, -0.1) is 0 Å². The number of rotatable bonds is 7. The number of non-ortho nitro benzene ring substituents is 1. The van der Waals surface area contributed by atoms with Crippen molar-refractivity contribution in [2.45, 2.75) is 12.5 Å². The fraction of sp³-hybridized carbons (Fsp3) is 0.0800. The average molecular weight is 431 g/mol. The number of fused-ring (bicyclic) bond motifs is 1. The highest BCUT2D eigenvalue weighted by Gasteiger charge is 2.19. The molecule has 0 aliphatic carbocycles. The summed E-state index contributed by atoms with van der Waals surface area (Å²) in [6.07, 6.45) is 0.183. The highest BCUT2D eigenvalue weighted by molar-refractivity contribution is 6.30. The Morgan fingerprint density at radius 1 is 0.903 bits per heavy atom. The number of nitrogens with zero attached hydrogens (tertiary/aromatic N) is 1. The molecule has 5 nitrogen and oxygen atoms in total. The fourth-order valence-corrected chi connectivity index (χ4v) is 3.65. The summed E-state index contributed by atoms with van der Waals surface area (Å²) in [6, 6.07) is 26.7. The molecule has 0 bridgehead atoms. The Bertz CT molecular complexity index is 1260. The van der Waals surface area contributed by atoms with Crippen LogP contribution in [0.25, 0.3) is 10.8 Å². The Morgan fingerprint density at radius 2 is 1.65 bits per heavy atom. The number of anilines is 1. The van der Waals surface area contributed by atoms with Crippen LogP contribution in [0.5, 0.6) is 0 Å². The van der Waals surface area contributed by atoms with Gasteiger partial charge in [0.1, 0.15) is 0 Å². The Hall–Kier alpha value is -3.70. The summed E-state index contributed by atoms with van der Waals surface area (Å²) in [5.41, 5.74) is 2.05. The van der Waals surface area contributed by atoms with Gasteiger partial charge in [0.25, 0.3) is 5.69 Å². The minimum absolute atomic E-state index is 0.0132. The van der Waals surface area contributed by atoms with E-state index in [9.17, 15) is 14.9 Å². The molecule has 0 aromatic heterocycles. The Morgan fingerprint density at radius 3 is 2.39 bits per heavy atom. The number of hydrogen-bond donors (Lipinski definition) is 1. The minimum Gasteiger partial charge on any atom is -0.378 e. The summed E-state index contributed by atoms with van der Waals surface area (Å²) in [4.78, 5) is 23.8. The number of nitrogens with one attached hydrogen (secondary N) is 1. The molecule has 0 radical (unpaired) electrons. The van der Waals surface area contributed by atoms with Gasteiger partial charge in [0, 0.05) is 34.8 Å². The summed E-state index contributed by atoms with van der Waals surface area (Å²) in [5.74, 6) is -0.0244. The molecular formula is C25H19ClN2O3. The van der Waals surface area contributed by atoms with Crippen molar-refractivity contribution in [1.29, 1.82) is 0 Å². The number of carbonyl (C=O) groups is 1. The maximum absolute atomic E-state index is 13.1. The summed E-state index contributed by atoms with van der Waals surface area (Å²) >= 11 is 6.03. The molecule has 154 valence electrons. The molecule has 6 heteroatoms. The lowest BCUT2D eigenvalue weighted by atomic mass is 9.96. The maximum atomic E-state index is 13.1. The van der Waals surface area contributed by atoms with E-state index >= 15 is 0 Å². The van der Waals surface area contributed by atoms with Crippen LogP contribution in [0.15, 0.2) is 91.0 Å². The van der Waals surface area contributed by atoms with Crippen LogP contribution in [-0.4, -0.2) is 10.7 Å². The first-order chi connectivity index (χ1) is 15.0. The molecule has 1 unspecified atom stereocenters. The lowest BCUT2D eigenvalue weighted by Crippen LogP contribution is -2.16. The normalized spacial score (nSPS) is 11.8. The number of nitro benzene ring substituents is 1. The van der Waals surface area contributed by atoms with Crippen LogP contribution in [-0.2, 0) is 0 Å². The van der Waals surface area contributed by atoms with Gasteiger partial charge in [0.2, 0.25) is 0 Å². The van der Waals surface area contributed by atoms with Gasteiger partial charge in [-0.3, -0.25) is 14.9 Å². The topological polar surface area (TPSA) is 72.2 Å². The maximum Gasteiger partial charge on any atom is 0.271 e. The third-order valence-corrected chi connectivity index (χ3v) is 5.38. The fourth-order valence-electron chi connectivity index (χ4n) is 3.52. The average Bonchev–Trinajstić information content (AvgIpc) is 2.79. The number of benzene rings is 4. The van der Waals surface area contributed by atoms with Crippen LogP contribution < -0.4 is 5.32 Å². The molecule has 0 spiro atoms. The highest BCUT2D eigenvalue weighted by Crippen LogP contribution is 2.28. The van der Waals surface area contributed by atoms with Crippen molar-refractivity contribution in [3.05, 3.63) is 117 Å². The number of ketones is 1. The second-order valence-corrected chi connectivity index (χ2v) is 7.68. The summed E-state index contributed by atoms with van der Waals surface area (Å²) in [7, 11) is 0. The zero-order chi connectivity index (χ0) is 21.8. The van der Waals surface area contributed by atoms with Gasteiger partial charge in [-0.05, 0) is 40.6 Å². The van der Waals surface area contributed by atoms with Crippen molar-refractivity contribution in [2.24, 2.45) is 0 Å². The van der Waals surface area contributed by atoms with Gasteiger partial charge in [-0.1, -0.05) is 66.2 Å². The van der Waals surface area contributed by atoms with Crippen LogP contribution in [0.4, 0.5) is 11.4 Å². The molecule has 4 aromatic rings. The number of Topliss-reactive ketones (excluding diaryl/α,β-unsaturated/α-hetero) is 1. The van der Waals surface area contributed by atoms with Crippen LogP contribution in [0.2, 0.25) is 5.02 Å². The lowest BCUT2D eigenvalue weighted by Gasteiger charge is -2.20. The molecule has 0 saturated carbocycles. The first kappa shape index (κ1) is 20.6. The zero-order valence-electron chi connectivity index (χ0n) is 16.5. The highest BCUT2D eigenvalue weighted by atomic mass is 35.5. The quantitative estimate of drug-likeness (QED) is 0.198. The Kier molecular flexibility index (Phi) is 5.96. The molecule has 0 aliphatic heterocycles. The summed E-state index contributed by atoms with van der Waals surface area (Å²) < 4.78 is 0. The van der Waals surface area contributed by atoms with Crippen LogP contribution in [0, 0.1) is 10.1 Å². The molecule has 0 amide bonds. The van der Waals surface area contributed by atoms with Crippen molar-refractivity contribution < 1.29 is 9.72 Å². The van der Waals surface area contributed by atoms with Crippen molar-refractivity contribution >= 4 is 39.5 Å². The van der Waals surface area contributed by atoms with Crippen LogP contribution in [0.1, 0.15) is 28.4 Å². The smallest absolute Gasteiger partial charge is 0.271 e. The first-order valence-corrected chi connectivity index (χ1v) is 10.2. The van der Waals surface area contributed by atoms with E-state index in [0.29, 0.717) is 16.3 Å². The van der Waals surface area contributed by atoms with E-state index in [4.69, 9.17) is 11.6 Å². The molecule has 0 saturated heterocycles. The van der Waals surface area contributed by atoms with Gasteiger partial charge < -0.3 is 5.32 Å². The van der Waals surface area contributed by atoms with E-state index in [2.05, 4.69) is 5.32 Å². The van der Waals surface area contributed by atoms with Crippen molar-refractivity contribution in [2.75, 3.05) is 5.32 Å². The van der Waals surface area contributed by atoms with E-state index in [1.54, 1.807) is 24.3 Å². The van der Waals surface area contributed by atoms with Gasteiger partial charge in [-0.2, -0.15) is 0 Å². The predicted octanol–water partition coefficient (Wildman–Crippen LogP) is 6.83. The van der Waals surface area contributed by atoms with Crippen molar-refractivity contribution in [1.82, 2.24) is 0 Å². The molecule has 0 fully saturated rings. The number of nitro groups is 1. The molecular weight excluding hydrogens is 412 g/mol. The van der Waals surface area contributed by atoms with E-state index < -0.39 is 4.92 Å². The van der Waals surface area contributed by atoms with Crippen molar-refractivity contribution in [3.63, 3.8) is 0 Å². The largest absolute Gasteiger partial charge is 0.378 e. The molecule has 4 aromatic carbocycles. The van der Waals surface area contributed by atoms with Gasteiger partial charge >= 0.3 is 0 Å². The summed E-state index contributed by atoms with van der Waals surface area (Å²) in [6.45, 7) is 0. The zero-order valence-corrected chi connectivity index (χ0v) is 17.3. The van der Waals surface area contributed by atoms with Gasteiger partial charge in [0.15, 0.2) is 5.78 Å². The summed E-state index contributed by atoms with van der Waals surface area (Å²) in [5, 5.41) is 17.1. The third-order valence-electron chi connectivity index (χ3n) is 5.13. The molecule has 4 rings (SSSR count). The van der Waals surface area contributed by atoms with Crippen LogP contribution >= 0.6 is 11.6 Å². The van der Waals surface area contributed by atoms with Crippen molar-refractivity contribution in [3.8, 4) is 0 Å². The number of halogens is 1. The van der Waals surface area contributed by atoms with Gasteiger partial charge in [-0.25, -0.2) is 0 Å². The monoisotopic (exact) mass is 430 g/mol. The molecule has 0 heterocycles. The van der Waals surface area contributed by atoms with E-state index in [1.165, 1.54) is 12.1 Å². The molecule has 1 atom stereocenters. The second-order valence-electron chi connectivity index (χ2n) is 7.25. The second kappa shape index (κ2) is 8.98. The molecule has 31 heavy (non-hydrogen) atoms. The SMILES string of the molecule is O=C(CC(Nc1cccc([N+](=O)[O-])c1)c1ccc(Cl)cc1)c1ccc2ccccc2c1. The van der Waals surface area contributed by atoms with E-state index in [0.717, 1.165) is 16.3 Å². The Labute approximate surface area is 184 Å². The third kappa shape index (κ3) is 4.90. The molecule has 0 aliphatic rings. The van der Waals surface area contributed by atoms with E-state index in [1.807, 2.05) is 54.6 Å². The van der Waals surface area contributed by atoms with Crippen LogP contribution in [0.3, 0.4) is 0 Å². The van der Waals surface area contributed by atoms with Gasteiger partial charge in [0.05, 0.1) is 11.0 Å².